The molecule has 4 heteroatoms. The predicted octanol–water partition coefficient (Wildman–Crippen LogP) is 2.40. The van der Waals surface area contributed by atoms with Gasteiger partial charge in [0.2, 0.25) is 0 Å². The first-order valence-corrected chi connectivity index (χ1v) is 7.97. The number of hydrogen-bond donors (Lipinski definition) is 0. The Hall–Kier alpha value is -1.55. The second-order valence-corrected chi connectivity index (χ2v) is 6.14. The first kappa shape index (κ1) is 14.4. The van der Waals surface area contributed by atoms with Gasteiger partial charge in [0.15, 0.2) is 0 Å². The third-order valence-electron chi connectivity index (χ3n) is 4.50. The molecule has 21 heavy (non-hydrogen) atoms. The smallest absolute Gasteiger partial charge is 0.253 e. The number of piperazine rings is 1. The van der Waals surface area contributed by atoms with Crippen LogP contribution in [0.3, 0.4) is 0 Å². The molecule has 0 atom stereocenters. The summed E-state index contributed by atoms with van der Waals surface area (Å²) >= 11 is 0. The zero-order valence-corrected chi connectivity index (χ0v) is 12.8. The van der Waals surface area contributed by atoms with Gasteiger partial charge >= 0.3 is 0 Å². The molecule has 0 unspecified atom stereocenters. The van der Waals surface area contributed by atoms with Gasteiger partial charge in [-0.25, -0.2) is 0 Å². The summed E-state index contributed by atoms with van der Waals surface area (Å²) in [6.45, 7) is 3.54. The number of nitrogens with zero attached hydrogens (tertiary/aromatic N) is 2. The monoisotopic (exact) mass is 288 g/mol. The van der Waals surface area contributed by atoms with Crippen LogP contribution in [0.4, 0.5) is 0 Å². The van der Waals surface area contributed by atoms with Crippen LogP contribution in [-0.2, 0) is 0 Å². The molecule has 2 fully saturated rings. The Morgan fingerprint density at radius 1 is 1.05 bits per heavy atom. The van der Waals surface area contributed by atoms with E-state index in [1.165, 1.54) is 12.8 Å². The minimum Gasteiger partial charge on any atom is -0.490 e. The zero-order valence-electron chi connectivity index (χ0n) is 12.8. The van der Waals surface area contributed by atoms with Crippen molar-refractivity contribution < 1.29 is 9.53 Å². The maximum atomic E-state index is 12.4. The molecule has 0 bridgehead atoms. The number of rotatable bonds is 3. The molecule has 1 saturated heterocycles. The molecule has 114 valence electrons. The average Bonchev–Trinajstić information content (AvgIpc) is 3.01. The van der Waals surface area contributed by atoms with Gasteiger partial charge in [-0.15, -0.1) is 0 Å². The van der Waals surface area contributed by atoms with Crippen molar-refractivity contribution in [1.82, 2.24) is 9.80 Å². The lowest BCUT2D eigenvalue weighted by atomic mass is 10.1. The highest BCUT2D eigenvalue weighted by Crippen LogP contribution is 2.24. The predicted molar refractivity (Wildman–Crippen MR) is 82.7 cm³/mol. The lowest BCUT2D eigenvalue weighted by Crippen LogP contribution is -2.47. The fourth-order valence-electron chi connectivity index (χ4n) is 3.07. The summed E-state index contributed by atoms with van der Waals surface area (Å²) in [5, 5.41) is 0. The average molecular weight is 288 g/mol. The van der Waals surface area contributed by atoms with Crippen LogP contribution in [-0.4, -0.2) is 55.0 Å². The quantitative estimate of drug-likeness (QED) is 0.856. The van der Waals surface area contributed by atoms with Crippen molar-refractivity contribution in [1.29, 1.82) is 0 Å². The first-order chi connectivity index (χ1) is 10.2. The molecule has 1 aliphatic heterocycles. The largest absolute Gasteiger partial charge is 0.490 e. The summed E-state index contributed by atoms with van der Waals surface area (Å²) in [5.41, 5.74) is 0.762. The second-order valence-electron chi connectivity index (χ2n) is 6.14. The van der Waals surface area contributed by atoms with E-state index in [4.69, 9.17) is 4.74 Å². The van der Waals surface area contributed by atoms with Crippen molar-refractivity contribution in [3.63, 3.8) is 0 Å². The van der Waals surface area contributed by atoms with E-state index in [1.807, 2.05) is 29.2 Å². The molecular formula is C17H24N2O2. The third-order valence-corrected chi connectivity index (χ3v) is 4.50. The summed E-state index contributed by atoms with van der Waals surface area (Å²) in [5.74, 6) is 1.02. The van der Waals surface area contributed by atoms with E-state index in [1.54, 1.807) is 0 Å². The Bertz CT molecular complexity index is 472. The van der Waals surface area contributed by atoms with Crippen LogP contribution in [0.25, 0.3) is 0 Å². The molecule has 0 aromatic heterocycles. The van der Waals surface area contributed by atoms with Crippen molar-refractivity contribution in [2.75, 3.05) is 33.2 Å². The minimum atomic E-state index is 0.135. The Kier molecular flexibility index (Phi) is 4.44. The van der Waals surface area contributed by atoms with Crippen LogP contribution in [0.1, 0.15) is 36.0 Å². The number of ether oxygens (including phenoxy) is 1. The maximum Gasteiger partial charge on any atom is 0.253 e. The second kappa shape index (κ2) is 6.48. The number of hydrogen-bond acceptors (Lipinski definition) is 3. The van der Waals surface area contributed by atoms with Gasteiger partial charge in [-0.2, -0.15) is 0 Å². The zero-order chi connectivity index (χ0) is 14.7. The van der Waals surface area contributed by atoms with E-state index < -0.39 is 0 Å². The fourth-order valence-corrected chi connectivity index (χ4v) is 3.07. The highest BCUT2D eigenvalue weighted by molar-refractivity contribution is 5.94. The standard InChI is InChI=1S/C17H24N2O2/c1-18-10-12-19(13-11-18)17(20)14-6-8-16(9-7-14)21-15-4-2-3-5-15/h6-9,15H,2-5,10-13H2,1H3. The molecular weight excluding hydrogens is 264 g/mol. The highest BCUT2D eigenvalue weighted by Gasteiger charge is 2.21. The van der Waals surface area contributed by atoms with Gasteiger partial charge in [0.25, 0.3) is 5.91 Å². The maximum absolute atomic E-state index is 12.4. The van der Waals surface area contributed by atoms with Crippen LogP contribution >= 0.6 is 0 Å². The van der Waals surface area contributed by atoms with Gasteiger partial charge < -0.3 is 14.5 Å². The molecule has 0 radical (unpaired) electrons. The van der Waals surface area contributed by atoms with Gasteiger partial charge in [-0.1, -0.05) is 0 Å². The molecule has 4 nitrogen and oxygen atoms in total. The number of carbonyl (C=O) groups excluding carboxylic acids is 1. The Labute approximate surface area is 126 Å². The molecule has 1 aliphatic carbocycles. The summed E-state index contributed by atoms with van der Waals surface area (Å²) in [4.78, 5) is 16.6. The van der Waals surface area contributed by atoms with Crippen LogP contribution in [0, 0.1) is 0 Å². The lowest BCUT2D eigenvalue weighted by molar-refractivity contribution is 0.0664. The van der Waals surface area contributed by atoms with Gasteiger partial charge in [-0.05, 0) is 57.0 Å². The summed E-state index contributed by atoms with van der Waals surface area (Å²) in [7, 11) is 2.09. The lowest BCUT2D eigenvalue weighted by Gasteiger charge is -2.32. The van der Waals surface area contributed by atoms with E-state index in [9.17, 15) is 4.79 Å². The van der Waals surface area contributed by atoms with Gasteiger partial charge in [0, 0.05) is 31.7 Å². The van der Waals surface area contributed by atoms with Crippen molar-refractivity contribution >= 4 is 5.91 Å². The summed E-state index contributed by atoms with van der Waals surface area (Å²) in [6.07, 6.45) is 5.21. The molecule has 1 saturated carbocycles. The van der Waals surface area contributed by atoms with E-state index in [0.29, 0.717) is 6.10 Å². The van der Waals surface area contributed by atoms with Crippen molar-refractivity contribution in [3.05, 3.63) is 29.8 Å². The van der Waals surface area contributed by atoms with Crippen molar-refractivity contribution in [2.24, 2.45) is 0 Å². The molecule has 1 aromatic carbocycles. The SMILES string of the molecule is CN1CCN(C(=O)c2ccc(OC3CCCC3)cc2)CC1. The van der Waals surface area contributed by atoms with Gasteiger partial charge in [-0.3, -0.25) is 4.79 Å². The minimum absolute atomic E-state index is 0.135. The Morgan fingerprint density at radius 2 is 1.67 bits per heavy atom. The van der Waals surface area contributed by atoms with Gasteiger partial charge in [0.1, 0.15) is 5.75 Å². The number of amides is 1. The third kappa shape index (κ3) is 3.56. The highest BCUT2D eigenvalue weighted by atomic mass is 16.5. The van der Waals surface area contributed by atoms with Crippen LogP contribution in [0.5, 0.6) is 5.75 Å². The van der Waals surface area contributed by atoms with E-state index in [-0.39, 0.29) is 5.91 Å². The number of carbonyl (C=O) groups is 1. The van der Waals surface area contributed by atoms with E-state index >= 15 is 0 Å². The van der Waals surface area contributed by atoms with Crippen LogP contribution in [0.2, 0.25) is 0 Å². The summed E-state index contributed by atoms with van der Waals surface area (Å²) in [6, 6.07) is 7.65. The number of likely N-dealkylation sites (N-methyl/N-ethyl adjacent to an activating group) is 1. The van der Waals surface area contributed by atoms with Crippen molar-refractivity contribution in [3.8, 4) is 5.75 Å². The molecule has 1 aromatic rings. The van der Waals surface area contributed by atoms with Gasteiger partial charge in [0.05, 0.1) is 6.10 Å². The first-order valence-electron chi connectivity index (χ1n) is 7.97. The molecule has 0 spiro atoms. The number of benzene rings is 1. The van der Waals surface area contributed by atoms with Crippen LogP contribution in [0.15, 0.2) is 24.3 Å². The molecule has 1 amide bonds. The van der Waals surface area contributed by atoms with E-state index in [0.717, 1.165) is 50.3 Å². The molecule has 0 N–H and O–H groups in total. The molecule has 2 aliphatic rings. The van der Waals surface area contributed by atoms with Crippen LogP contribution < -0.4 is 4.74 Å². The fraction of sp³-hybridized carbons (Fsp3) is 0.588. The molecule has 1 heterocycles. The Morgan fingerprint density at radius 3 is 2.29 bits per heavy atom. The summed E-state index contributed by atoms with van der Waals surface area (Å²) < 4.78 is 5.94. The normalized spacial score (nSPS) is 20.7. The van der Waals surface area contributed by atoms with E-state index in [2.05, 4.69) is 11.9 Å². The van der Waals surface area contributed by atoms with Crippen molar-refractivity contribution in [2.45, 2.75) is 31.8 Å². The topological polar surface area (TPSA) is 32.8 Å². The Balaban J connectivity index is 1.59. The molecule has 3 rings (SSSR count).